The number of nitrogens with one attached hydrogen (secondary N) is 2. The van der Waals surface area contributed by atoms with E-state index in [4.69, 9.17) is 4.74 Å². The van der Waals surface area contributed by atoms with Gasteiger partial charge in [0.25, 0.3) is 5.56 Å². The van der Waals surface area contributed by atoms with Gasteiger partial charge < -0.3 is 15.4 Å². The van der Waals surface area contributed by atoms with E-state index in [1.807, 2.05) is 24.3 Å². The van der Waals surface area contributed by atoms with E-state index in [1.165, 1.54) is 11.7 Å². The summed E-state index contributed by atoms with van der Waals surface area (Å²) in [5, 5.41) is 7.98. The lowest BCUT2D eigenvalue weighted by atomic mass is 10.2. The minimum atomic E-state index is -0.206. The normalized spacial score (nSPS) is 18.2. The van der Waals surface area contributed by atoms with Gasteiger partial charge in [-0.15, -0.1) is 0 Å². The largest absolute Gasteiger partial charge is 0.491 e. The summed E-state index contributed by atoms with van der Waals surface area (Å²) in [6.45, 7) is 0. The molecule has 0 bridgehead atoms. The fourth-order valence-electron chi connectivity index (χ4n) is 3.91. The number of ether oxygens (including phenoxy) is 1. The number of pyridine rings is 3. The molecule has 0 spiro atoms. The predicted octanol–water partition coefficient (Wildman–Crippen LogP) is 3.69. The molecule has 4 aromatic rings. The monoisotopic (exact) mass is 434 g/mol. The highest BCUT2D eigenvalue weighted by atomic mass is 32.1. The van der Waals surface area contributed by atoms with Gasteiger partial charge in [0, 0.05) is 24.5 Å². The number of methoxy groups -OCH3 is 1. The average molecular weight is 435 g/mol. The second-order valence-electron chi connectivity index (χ2n) is 7.50. The Kier molecular flexibility index (Phi) is 5.25. The quantitative estimate of drug-likeness (QED) is 0.478. The zero-order valence-electron chi connectivity index (χ0n) is 17.0. The molecule has 2 atom stereocenters. The first-order valence-electron chi connectivity index (χ1n) is 10.2. The molecule has 0 radical (unpaired) electrons. The number of hydrogen-bond donors (Lipinski definition) is 2. The van der Waals surface area contributed by atoms with Crippen molar-refractivity contribution in [3.63, 3.8) is 0 Å². The smallest absolute Gasteiger partial charge is 0.297 e. The van der Waals surface area contributed by atoms with Crippen molar-refractivity contribution in [2.45, 2.75) is 31.3 Å². The molecule has 1 saturated carbocycles. The standard InChI is InChI=1S/C22H22N6O2S/c1-30-18-5-3-11-28(21(18)29)16-8-9-19(24-13-16)25-14-6-7-15(12-14)26-22-27-17-4-2-10-23-20(17)31-22/h2-5,8-11,13-15H,6-7,12H2,1H3,(H,24,25)(H,26,27)/t14-,15-/m0/s1. The highest BCUT2D eigenvalue weighted by Crippen LogP contribution is 2.29. The van der Waals surface area contributed by atoms with Gasteiger partial charge in [0.1, 0.15) is 16.2 Å². The Morgan fingerprint density at radius 2 is 1.97 bits per heavy atom. The Morgan fingerprint density at radius 1 is 1.10 bits per heavy atom. The van der Waals surface area contributed by atoms with E-state index >= 15 is 0 Å². The van der Waals surface area contributed by atoms with Crippen LogP contribution in [0.2, 0.25) is 0 Å². The highest BCUT2D eigenvalue weighted by Gasteiger charge is 2.25. The molecule has 0 aromatic carbocycles. The van der Waals surface area contributed by atoms with Crippen molar-refractivity contribution in [3.8, 4) is 11.4 Å². The van der Waals surface area contributed by atoms with Crippen LogP contribution in [-0.4, -0.2) is 38.7 Å². The highest BCUT2D eigenvalue weighted by molar-refractivity contribution is 7.21. The summed E-state index contributed by atoms with van der Waals surface area (Å²) in [5.41, 5.74) is 1.43. The Bertz CT molecular complexity index is 1220. The van der Waals surface area contributed by atoms with E-state index in [0.29, 0.717) is 23.5 Å². The molecule has 0 amide bonds. The van der Waals surface area contributed by atoms with Crippen LogP contribution in [0.15, 0.2) is 59.8 Å². The van der Waals surface area contributed by atoms with Crippen LogP contribution < -0.4 is 20.9 Å². The van der Waals surface area contributed by atoms with Crippen LogP contribution in [0.25, 0.3) is 16.0 Å². The molecule has 1 fully saturated rings. The van der Waals surface area contributed by atoms with Gasteiger partial charge in [-0.2, -0.15) is 0 Å². The molecule has 31 heavy (non-hydrogen) atoms. The molecule has 0 aliphatic heterocycles. The Labute approximate surface area is 183 Å². The summed E-state index contributed by atoms with van der Waals surface area (Å²) in [4.78, 5) is 26.8. The molecule has 1 aliphatic rings. The molecule has 2 N–H and O–H groups in total. The number of anilines is 2. The van der Waals surface area contributed by atoms with Crippen LogP contribution in [0.1, 0.15) is 19.3 Å². The third-order valence-electron chi connectivity index (χ3n) is 5.44. The number of thiazole rings is 1. The third-order valence-corrected chi connectivity index (χ3v) is 6.35. The molecule has 5 rings (SSSR count). The van der Waals surface area contributed by atoms with Gasteiger partial charge in [-0.25, -0.2) is 15.0 Å². The van der Waals surface area contributed by atoms with Crippen LogP contribution in [0.3, 0.4) is 0 Å². The maximum Gasteiger partial charge on any atom is 0.297 e. The number of aromatic nitrogens is 4. The van der Waals surface area contributed by atoms with Crippen LogP contribution in [-0.2, 0) is 0 Å². The molecule has 9 heteroatoms. The Hall–Kier alpha value is -3.46. The maximum atomic E-state index is 12.4. The van der Waals surface area contributed by atoms with Crippen molar-refractivity contribution in [2.24, 2.45) is 0 Å². The molecular formula is C22H22N6O2S. The van der Waals surface area contributed by atoms with Crippen LogP contribution in [0.5, 0.6) is 5.75 Å². The van der Waals surface area contributed by atoms with E-state index in [0.717, 1.165) is 40.6 Å². The lowest BCUT2D eigenvalue weighted by Crippen LogP contribution is -2.21. The van der Waals surface area contributed by atoms with Gasteiger partial charge in [-0.3, -0.25) is 9.36 Å². The Morgan fingerprint density at radius 3 is 2.74 bits per heavy atom. The molecule has 158 valence electrons. The second kappa shape index (κ2) is 8.35. The zero-order valence-corrected chi connectivity index (χ0v) is 17.8. The molecule has 4 heterocycles. The SMILES string of the molecule is COc1cccn(-c2ccc(N[C@H]3CC[C@H](Nc4nc5cccnc5s4)C3)nc2)c1=O. The van der Waals surface area contributed by atoms with E-state index in [2.05, 4.69) is 25.6 Å². The van der Waals surface area contributed by atoms with Gasteiger partial charge in [0.15, 0.2) is 10.9 Å². The molecule has 1 aliphatic carbocycles. The number of rotatable bonds is 6. The summed E-state index contributed by atoms with van der Waals surface area (Å²) in [5.74, 6) is 1.10. The maximum absolute atomic E-state index is 12.4. The molecule has 0 saturated heterocycles. The lowest BCUT2D eigenvalue weighted by molar-refractivity contribution is 0.406. The summed E-state index contributed by atoms with van der Waals surface area (Å²) in [7, 11) is 1.49. The van der Waals surface area contributed by atoms with Crippen molar-refractivity contribution in [2.75, 3.05) is 17.7 Å². The van der Waals surface area contributed by atoms with Crippen molar-refractivity contribution in [1.82, 2.24) is 19.5 Å². The number of nitrogens with zero attached hydrogens (tertiary/aromatic N) is 4. The number of hydrogen-bond acceptors (Lipinski definition) is 8. The lowest BCUT2D eigenvalue weighted by Gasteiger charge is -2.15. The van der Waals surface area contributed by atoms with E-state index < -0.39 is 0 Å². The van der Waals surface area contributed by atoms with Gasteiger partial charge in [-0.1, -0.05) is 11.3 Å². The van der Waals surface area contributed by atoms with E-state index in [9.17, 15) is 4.79 Å². The molecule has 4 aromatic heterocycles. The number of fused-ring (bicyclic) bond motifs is 1. The van der Waals surface area contributed by atoms with Crippen molar-refractivity contribution in [3.05, 3.63) is 65.3 Å². The van der Waals surface area contributed by atoms with Crippen LogP contribution in [0, 0.1) is 0 Å². The summed E-state index contributed by atoms with van der Waals surface area (Å²) >= 11 is 1.59. The first-order valence-corrected chi connectivity index (χ1v) is 11.0. The topological polar surface area (TPSA) is 94.0 Å². The van der Waals surface area contributed by atoms with Crippen molar-refractivity contribution < 1.29 is 4.74 Å². The van der Waals surface area contributed by atoms with Gasteiger partial charge >= 0.3 is 0 Å². The van der Waals surface area contributed by atoms with Crippen LogP contribution >= 0.6 is 11.3 Å². The van der Waals surface area contributed by atoms with Gasteiger partial charge in [0.2, 0.25) is 0 Å². The molecule has 8 nitrogen and oxygen atoms in total. The minimum absolute atomic E-state index is 0.206. The summed E-state index contributed by atoms with van der Waals surface area (Å²) < 4.78 is 6.64. The van der Waals surface area contributed by atoms with Gasteiger partial charge in [-0.05, 0) is 55.7 Å². The van der Waals surface area contributed by atoms with Crippen LogP contribution in [0.4, 0.5) is 10.9 Å². The van der Waals surface area contributed by atoms with Crippen molar-refractivity contribution in [1.29, 1.82) is 0 Å². The summed E-state index contributed by atoms with van der Waals surface area (Å²) in [6.07, 6.45) is 8.31. The first kappa shape index (κ1) is 19.5. The van der Waals surface area contributed by atoms with E-state index in [-0.39, 0.29) is 5.56 Å². The average Bonchev–Trinajstić information content (AvgIpc) is 3.41. The van der Waals surface area contributed by atoms with Gasteiger partial charge in [0.05, 0.1) is 19.0 Å². The first-order chi connectivity index (χ1) is 15.2. The van der Waals surface area contributed by atoms with Crippen molar-refractivity contribution >= 4 is 32.6 Å². The Balaban J connectivity index is 1.21. The second-order valence-corrected chi connectivity index (χ2v) is 8.47. The fourth-order valence-corrected chi connectivity index (χ4v) is 4.79. The fraction of sp³-hybridized carbons (Fsp3) is 0.273. The molecular weight excluding hydrogens is 412 g/mol. The third kappa shape index (κ3) is 4.09. The zero-order chi connectivity index (χ0) is 21.2. The van der Waals surface area contributed by atoms with E-state index in [1.54, 1.807) is 42.1 Å². The molecule has 0 unspecified atom stereocenters. The predicted molar refractivity (Wildman–Crippen MR) is 122 cm³/mol. The summed E-state index contributed by atoms with van der Waals surface area (Å²) in [6, 6.07) is 11.8. The minimum Gasteiger partial charge on any atom is -0.491 e.